The summed E-state index contributed by atoms with van der Waals surface area (Å²) in [4.78, 5) is 34.0. The zero-order chi connectivity index (χ0) is 21.0. The van der Waals surface area contributed by atoms with Crippen LogP contribution in [0.3, 0.4) is 0 Å². The summed E-state index contributed by atoms with van der Waals surface area (Å²) in [5.41, 5.74) is 1.10. The average Bonchev–Trinajstić information content (AvgIpc) is 3.18. The molecule has 3 aliphatic rings. The molecule has 162 valence electrons. The van der Waals surface area contributed by atoms with Crippen LogP contribution in [0.1, 0.15) is 31.5 Å². The number of hydrogen-bond donors (Lipinski definition) is 1. The lowest BCUT2D eigenvalue weighted by Gasteiger charge is -2.33. The van der Waals surface area contributed by atoms with Crippen LogP contribution in [-0.2, 0) is 15.1 Å². The van der Waals surface area contributed by atoms with Crippen molar-refractivity contribution >= 4 is 34.6 Å². The van der Waals surface area contributed by atoms with Crippen LogP contribution in [0.25, 0.3) is 11.2 Å². The number of aromatic nitrogens is 6. The molecular formula is C20H23ClN8O2. The topological polar surface area (TPSA) is 105 Å². The van der Waals surface area contributed by atoms with E-state index in [9.17, 15) is 4.79 Å². The number of fused-ring (bicyclic) bond motifs is 1. The Balaban J connectivity index is 1.24. The number of halogens is 1. The fraction of sp³-hybridized carbons (Fsp3) is 0.550. The Labute approximate surface area is 183 Å². The summed E-state index contributed by atoms with van der Waals surface area (Å²) in [6.45, 7) is 3.21. The summed E-state index contributed by atoms with van der Waals surface area (Å²) in [6.07, 6.45) is 8.76. The number of aromatic amines is 1. The maximum absolute atomic E-state index is 12.7. The van der Waals surface area contributed by atoms with E-state index in [4.69, 9.17) is 21.3 Å². The number of imidazole rings is 1. The number of anilines is 1. The van der Waals surface area contributed by atoms with E-state index in [2.05, 4.69) is 20.1 Å². The van der Waals surface area contributed by atoms with Crippen LogP contribution in [0.15, 0.2) is 18.6 Å². The van der Waals surface area contributed by atoms with Gasteiger partial charge < -0.3 is 19.5 Å². The van der Waals surface area contributed by atoms with E-state index < -0.39 is 6.10 Å². The standard InChI is InChI=1S/C20H23ClN8O2/c21-13-9-23-29(11-13)20(3-4-20)18-24-14-10-22-19(26-16(14)25-18)28-7-8-31-15(12-28)17(30)27-5-1-2-6-27/h9-11,15H,1-8,12H2,(H,22,24,25,26). The number of ether oxygens (including phenoxy) is 1. The molecule has 0 bridgehead atoms. The molecule has 1 saturated carbocycles. The maximum Gasteiger partial charge on any atom is 0.253 e. The number of H-pyrrole nitrogens is 1. The zero-order valence-corrected chi connectivity index (χ0v) is 17.8. The second-order valence-corrected chi connectivity index (χ2v) is 8.90. The summed E-state index contributed by atoms with van der Waals surface area (Å²) in [5, 5.41) is 4.98. The summed E-state index contributed by atoms with van der Waals surface area (Å²) in [6, 6.07) is 0. The van der Waals surface area contributed by atoms with Gasteiger partial charge in [0.1, 0.15) is 16.9 Å². The maximum atomic E-state index is 12.7. The van der Waals surface area contributed by atoms with Crippen molar-refractivity contribution in [2.24, 2.45) is 0 Å². The van der Waals surface area contributed by atoms with E-state index in [1.54, 1.807) is 12.4 Å². The highest BCUT2D eigenvalue weighted by Crippen LogP contribution is 2.48. The Morgan fingerprint density at radius 3 is 2.77 bits per heavy atom. The third-order valence-corrected chi connectivity index (χ3v) is 6.62. The molecular weight excluding hydrogens is 420 g/mol. The van der Waals surface area contributed by atoms with Crippen molar-refractivity contribution in [1.29, 1.82) is 0 Å². The Morgan fingerprint density at radius 1 is 1.19 bits per heavy atom. The Morgan fingerprint density at radius 2 is 2.03 bits per heavy atom. The number of nitrogens with zero attached hydrogens (tertiary/aromatic N) is 7. The first-order valence-corrected chi connectivity index (χ1v) is 11.1. The van der Waals surface area contributed by atoms with E-state index in [-0.39, 0.29) is 11.4 Å². The van der Waals surface area contributed by atoms with E-state index in [1.165, 1.54) is 0 Å². The van der Waals surface area contributed by atoms with Gasteiger partial charge in [-0.1, -0.05) is 11.6 Å². The van der Waals surface area contributed by atoms with Gasteiger partial charge in [0.15, 0.2) is 11.8 Å². The fourth-order valence-electron chi connectivity index (χ4n) is 4.52. The molecule has 0 aromatic carbocycles. The highest BCUT2D eigenvalue weighted by Gasteiger charge is 2.50. The molecule has 1 atom stereocenters. The number of rotatable bonds is 4. The molecule has 2 saturated heterocycles. The minimum Gasteiger partial charge on any atom is -0.365 e. The molecule has 6 rings (SSSR count). The first kappa shape index (κ1) is 19.0. The van der Waals surface area contributed by atoms with Crippen LogP contribution >= 0.6 is 11.6 Å². The second kappa shape index (κ2) is 7.16. The highest BCUT2D eigenvalue weighted by atomic mass is 35.5. The minimum absolute atomic E-state index is 0.0684. The van der Waals surface area contributed by atoms with Crippen molar-refractivity contribution in [2.45, 2.75) is 37.3 Å². The molecule has 1 aliphatic carbocycles. The summed E-state index contributed by atoms with van der Waals surface area (Å²) >= 11 is 6.06. The van der Waals surface area contributed by atoms with Crippen molar-refractivity contribution < 1.29 is 9.53 Å². The van der Waals surface area contributed by atoms with E-state index in [1.807, 2.05) is 20.7 Å². The molecule has 1 amide bonds. The summed E-state index contributed by atoms with van der Waals surface area (Å²) < 4.78 is 7.64. The van der Waals surface area contributed by atoms with Crippen molar-refractivity contribution in [3.8, 4) is 0 Å². The molecule has 3 aromatic heterocycles. The number of hydrogen-bond acceptors (Lipinski definition) is 7. The van der Waals surface area contributed by atoms with Gasteiger partial charge in [-0.05, 0) is 25.7 Å². The predicted molar refractivity (Wildman–Crippen MR) is 113 cm³/mol. The largest absolute Gasteiger partial charge is 0.365 e. The molecule has 10 nitrogen and oxygen atoms in total. The lowest BCUT2D eigenvalue weighted by Crippen LogP contribution is -2.51. The monoisotopic (exact) mass is 442 g/mol. The number of likely N-dealkylation sites (tertiary alicyclic amines) is 1. The van der Waals surface area contributed by atoms with Crippen LogP contribution in [0.2, 0.25) is 5.02 Å². The van der Waals surface area contributed by atoms with Gasteiger partial charge in [0.05, 0.1) is 30.6 Å². The predicted octanol–water partition coefficient (Wildman–Crippen LogP) is 1.57. The fourth-order valence-corrected chi connectivity index (χ4v) is 4.66. The van der Waals surface area contributed by atoms with Crippen molar-refractivity contribution in [3.63, 3.8) is 0 Å². The molecule has 2 aliphatic heterocycles. The lowest BCUT2D eigenvalue weighted by atomic mass is 10.2. The molecule has 1 N–H and O–H groups in total. The molecule has 5 heterocycles. The van der Waals surface area contributed by atoms with Gasteiger partial charge in [0.25, 0.3) is 5.91 Å². The summed E-state index contributed by atoms with van der Waals surface area (Å²) in [7, 11) is 0. The molecule has 11 heteroatoms. The third-order valence-electron chi connectivity index (χ3n) is 6.42. The van der Waals surface area contributed by atoms with Crippen LogP contribution < -0.4 is 4.90 Å². The van der Waals surface area contributed by atoms with Gasteiger partial charge in [-0.3, -0.25) is 9.48 Å². The third kappa shape index (κ3) is 3.25. The molecule has 0 spiro atoms. The van der Waals surface area contributed by atoms with Crippen LogP contribution in [-0.4, -0.2) is 79.4 Å². The number of carbonyl (C=O) groups is 1. The highest BCUT2D eigenvalue weighted by molar-refractivity contribution is 6.30. The molecule has 1 unspecified atom stereocenters. The molecule has 3 fully saturated rings. The first-order chi connectivity index (χ1) is 15.1. The number of carbonyl (C=O) groups excluding carboxylic acids is 1. The summed E-state index contributed by atoms with van der Waals surface area (Å²) in [5.74, 6) is 1.46. The second-order valence-electron chi connectivity index (χ2n) is 8.47. The van der Waals surface area contributed by atoms with Gasteiger partial charge >= 0.3 is 0 Å². The van der Waals surface area contributed by atoms with Gasteiger partial charge in [-0.15, -0.1) is 0 Å². The van der Waals surface area contributed by atoms with Gasteiger partial charge in [0, 0.05) is 25.8 Å². The number of morpholine rings is 1. The van der Waals surface area contributed by atoms with Crippen LogP contribution in [0.5, 0.6) is 0 Å². The van der Waals surface area contributed by atoms with Gasteiger partial charge in [-0.25, -0.2) is 9.97 Å². The number of amides is 1. The lowest BCUT2D eigenvalue weighted by molar-refractivity contribution is -0.143. The Bertz CT molecular complexity index is 1130. The Kier molecular flexibility index (Phi) is 4.39. The smallest absolute Gasteiger partial charge is 0.253 e. The van der Waals surface area contributed by atoms with E-state index >= 15 is 0 Å². The normalized spacial score (nSPS) is 22.9. The van der Waals surface area contributed by atoms with Crippen LogP contribution in [0, 0.1) is 0 Å². The zero-order valence-electron chi connectivity index (χ0n) is 17.0. The van der Waals surface area contributed by atoms with Gasteiger partial charge in [-0.2, -0.15) is 10.1 Å². The Hall–Kier alpha value is -2.72. The molecule has 31 heavy (non-hydrogen) atoms. The van der Waals surface area contributed by atoms with E-state index in [0.717, 1.165) is 50.1 Å². The molecule has 0 radical (unpaired) electrons. The number of nitrogens with one attached hydrogen (secondary N) is 1. The quantitative estimate of drug-likeness (QED) is 0.653. The molecule has 3 aromatic rings. The van der Waals surface area contributed by atoms with Gasteiger partial charge in [0.2, 0.25) is 5.95 Å². The van der Waals surface area contributed by atoms with Crippen LogP contribution in [0.4, 0.5) is 5.95 Å². The van der Waals surface area contributed by atoms with Crippen molar-refractivity contribution in [3.05, 3.63) is 29.4 Å². The SMILES string of the molecule is O=C(C1CN(c2ncc3[nH]c(C4(n5cc(Cl)cn5)CC4)nc3n2)CCO1)N1CCCC1. The minimum atomic E-state index is -0.472. The van der Waals surface area contributed by atoms with E-state index in [0.29, 0.717) is 36.3 Å². The van der Waals surface area contributed by atoms with Crippen molar-refractivity contribution in [2.75, 3.05) is 37.7 Å². The first-order valence-electron chi connectivity index (χ1n) is 10.7. The average molecular weight is 443 g/mol. The van der Waals surface area contributed by atoms with Crippen molar-refractivity contribution in [1.82, 2.24) is 34.6 Å².